The lowest BCUT2D eigenvalue weighted by Crippen LogP contribution is -2.58. The number of carbonyl (C=O) groups is 4. The summed E-state index contributed by atoms with van der Waals surface area (Å²) < 4.78 is 46.4. The molecule has 0 spiro atoms. The van der Waals surface area contributed by atoms with Crippen LogP contribution in [-0.4, -0.2) is 102 Å². The summed E-state index contributed by atoms with van der Waals surface area (Å²) in [6, 6.07) is 3.57. The third kappa shape index (κ3) is 9.50. The Bertz CT molecular complexity index is 2340. The number of sulfonamides is 1. The van der Waals surface area contributed by atoms with Crippen molar-refractivity contribution in [2.24, 2.45) is 5.92 Å². The van der Waals surface area contributed by atoms with Crippen molar-refractivity contribution in [3.8, 4) is 22.9 Å². The summed E-state index contributed by atoms with van der Waals surface area (Å²) in [5, 5.41) is 11.8. The lowest BCUT2D eigenvalue weighted by molar-refractivity contribution is -0.141. The van der Waals surface area contributed by atoms with Crippen LogP contribution in [0.3, 0.4) is 0 Å². The number of amides is 4. The van der Waals surface area contributed by atoms with Gasteiger partial charge in [-0.25, -0.2) is 23.2 Å². The molecule has 3 aliphatic carbocycles. The van der Waals surface area contributed by atoms with Gasteiger partial charge in [0.2, 0.25) is 21.8 Å². The van der Waals surface area contributed by atoms with E-state index in [2.05, 4.69) is 20.7 Å². The third-order valence-corrected chi connectivity index (χ3v) is 15.1. The predicted molar refractivity (Wildman–Crippen MR) is 234 cm³/mol. The predicted octanol–water partition coefficient (Wildman–Crippen LogP) is 5.88. The second-order valence-electron chi connectivity index (χ2n) is 17.6. The van der Waals surface area contributed by atoms with Gasteiger partial charge in [-0.15, -0.1) is 11.3 Å². The SMILES string of the molecule is COc1ccc2c(O[C@@H]3C[C@H]4C(=O)N[C@]5(C(=O)NS(=O)(=O)C6CC6)CC5C=CCCCCC[C@H](NC(=O)OC5CCCC5)C(=O)N4C3)cc(-c3csc(NC(C)C)n3)nc2c1C. The maximum Gasteiger partial charge on any atom is 0.408 e. The highest BCUT2D eigenvalue weighted by Gasteiger charge is 2.62. The molecule has 62 heavy (non-hydrogen) atoms. The van der Waals surface area contributed by atoms with Crippen molar-refractivity contribution in [1.29, 1.82) is 0 Å². The summed E-state index contributed by atoms with van der Waals surface area (Å²) in [5.41, 5.74) is 1.11. The number of allylic oxidation sites excluding steroid dienone is 1. The summed E-state index contributed by atoms with van der Waals surface area (Å²) in [6.07, 6.45) is 10.1. The largest absolute Gasteiger partial charge is 0.496 e. The zero-order valence-electron chi connectivity index (χ0n) is 35.7. The van der Waals surface area contributed by atoms with Crippen molar-refractivity contribution >= 4 is 61.2 Å². The molecule has 0 radical (unpaired) electrons. The fourth-order valence-corrected chi connectivity index (χ4v) is 11.1. The van der Waals surface area contributed by atoms with Gasteiger partial charge in [0.25, 0.3) is 5.91 Å². The highest BCUT2D eigenvalue weighted by molar-refractivity contribution is 7.91. The van der Waals surface area contributed by atoms with E-state index < -0.39 is 68.7 Å². The van der Waals surface area contributed by atoms with Gasteiger partial charge < -0.3 is 35.1 Å². The van der Waals surface area contributed by atoms with E-state index in [-0.39, 0.29) is 31.5 Å². The Hall–Kier alpha value is -4.97. The monoisotopic (exact) mass is 891 g/mol. The minimum absolute atomic E-state index is 0.0151. The maximum absolute atomic E-state index is 14.8. The molecule has 8 rings (SSSR count). The lowest BCUT2D eigenvalue weighted by Gasteiger charge is -2.30. The standard InChI is InChI=1S/C44H57N7O9S2/c1-25(2)45-42-47-34(24-61-42)33-21-37(31-18-19-36(58-4)26(3)38(31)46-33)59-29-20-35-39(52)49-44(41(54)50-62(56,57)30-16-17-30)22-27(44)12-8-6-5-7-9-15-32(40(53)51(35)23-29)48-43(55)60-28-13-10-11-14-28/h8,12,18-19,21,24-25,27-30,32,35H,5-7,9-11,13-17,20,22-23H2,1-4H3,(H,45,47)(H,48,55)(H,49,52)(H,50,54)/t27?,29-,32+,35+,44-/m1/s1. The molecule has 3 saturated carbocycles. The number of hydrogen-bond acceptors (Lipinski definition) is 13. The van der Waals surface area contributed by atoms with Gasteiger partial charge in [-0.05, 0) is 97.1 Å². The zero-order chi connectivity index (χ0) is 43.8. The molecule has 1 saturated heterocycles. The number of carbonyl (C=O) groups excluding carboxylic acids is 4. The number of anilines is 1. The Morgan fingerprint density at radius 3 is 2.50 bits per heavy atom. The average molecular weight is 892 g/mol. The normalized spacial score (nSPS) is 25.9. The molecule has 4 amide bonds. The molecule has 4 fully saturated rings. The van der Waals surface area contributed by atoms with Crippen molar-refractivity contribution in [3.63, 3.8) is 0 Å². The van der Waals surface area contributed by atoms with Gasteiger partial charge in [-0.3, -0.25) is 19.1 Å². The fraction of sp³-hybridized carbons (Fsp3) is 0.591. The molecule has 5 aliphatic rings. The van der Waals surface area contributed by atoms with E-state index in [9.17, 15) is 27.6 Å². The number of aromatic nitrogens is 2. The van der Waals surface area contributed by atoms with Gasteiger partial charge in [-0.1, -0.05) is 25.0 Å². The number of alkyl carbamates (subject to hydrolysis) is 1. The fourth-order valence-electron chi connectivity index (χ4n) is 8.89. The van der Waals surface area contributed by atoms with E-state index in [0.717, 1.165) is 49.2 Å². The second-order valence-corrected chi connectivity index (χ2v) is 20.5. The minimum Gasteiger partial charge on any atom is -0.496 e. The molecule has 3 aromatic rings. The number of nitrogens with one attached hydrogen (secondary N) is 4. The van der Waals surface area contributed by atoms with Crippen molar-refractivity contribution in [1.82, 2.24) is 30.2 Å². The second kappa shape index (κ2) is 18.0. The molecular formula is C44H57N7O9S2. The molecule has 2 aliphatic heterocycles. The number of benzene rings is 1. The lowest BCUT2D eigenvalue weighted by atomic mass is 10.0. The molecule has 0 bridgehead atoms. The van der Waals surface area contributed by atoms with E-state index in [1.54, 1.807) is 7.11 Å². The van der Waals surface area contributed by atoms with Crippen LogP contribution in [0.15, 0.2) is 35.7 Å². The Balaban J connectivity index is 1.13. The first-order valence-corrected chi connectivity index (χ1v) is 24.4. The summed E-state index contributed by atoms with van der Waals surface area (Å²) in [4.78, 5) is 67.9. The van der Waals surface area contributed by atoms with Crippen molar-refractivity contribution in [2.75, 3.05) is 19.0 Å². The number of methoxy groups -OCH3 is 1. The Kier molecular flexibility index (Phi) is 12.7. The number of nitrogens with zero attached hydrogens (tertiary/aromatic N) is 3. The number of hydrogen-bond donors (Lipinski definition) is 4. The van der Waals surface area contributed by atoms with Gasteiger partial charge in [-0.2, -0.15) is 0 Å². The van der Waals surface area contributed by atoms with Crippen LogP contribution in [0.2, 0.25) is 0 Å². The zero-order valence-corrected chi connectivity index (χ0v) is 37.4. The molecule has 4 N–H and O–H groups in total. The molecular weight excluding hydrogens is 835 g/mol. The molecule has 1 aromatic carbocycles. The molecule has 4 heterocycles. The molecule has 2 aromatic heterocycles. The Labute approximate surface area is 366 Å². The Morgan fingerprint density at radius 2 is 1.76 bits per heavy atom. The van der Waals surface area contributed by atoms with Crippen LogP contribution >= 0.6 is 11.3 Å². The van der Waals surface area contributed by atoms with Crippen LogP contribution in [0, 0.1) is 12.8 Å². The Morgan fingerprint density at radius 1 is 0.984 bits per heavy atom. The molecule has 16 nitrogen and oxygen atoms in total. The number of rotatable bonds is 11. The minimum atomic E-state index is -3.91. The van der Waals surface area contributed by atoms with E-state index >= 15 is 0 Å². The number of thiazole rings is 1. The molecule has 18 heteroatoms. The van der Waals surface area contributed by atoms with Crippen LogP contribution in [0.25, 0.3) is 22.3 Å². The first-order chi connectivity index (χ1) is 29.7. The maximum atomic E-state index is 14.8. The van der Waals surface area contributed by atoms with E-state index in [0.29, 0.717) is 65.9 Å². The van der Waals surface area contributed by atoms with Crippen LogP contribution < -0.4 is 30.1 Å². The smallest absolute Gasteiger partial charge is 0.408 e. The van der Waals surface area contributed by atoms with Crippen LogP contribution in [0.4, 0.5) is 9.93 Å². The number of aryl methyl sites for hydroxylation is 1. The third-order valence-electron chi connectivity index (χ3n) is 12.5. The van der Waals surface area contributed by atoms with Gasteiger partial charge in [0, 0.05) is 40.8 Å². The van der Waals surface area contributed by atoms with Crippen molar-refractivity contribution in [3.05, 3.63) is 41.3 Å². The van der Waals surface area contributed by atoms with Gasteiger partial charge in [0.15, 0.2) is 5.13 Å². The van der Waals surface area contributed by atoms with E-state index in [1.165, 1.54) is 16.2 Å². The van der Waals surface area contributed by atoms with Gasteiger partial charge >= 0.3 is 6.09 Å². The molecule has 1 unspecified atom stereocenters. The van der Waals surface area contributed by atoms with E-state index in [4.69, 9.17) is 24.2 Å². The van der Waals surface area contributed by atoms with Crippen LogP contribution in [0.5, 0.6) is 11.5 Å². The molecule has 334 valence electrons. The van der Waals surface area contributed by atoms with E-state index in [1.807, 2.05) is 56.5 Å². The quantitative estimate of drug-likeness (QED) is 0.167. The summed E-state index contributed by atoms with van der Waals surface area (Å²) >= 11 is 1.46. The number of fused-ring (bicyclic) bond motifs is 3. The van der Waals surface area contributed by atoms with Crippen LogP contribution in [0.1, 0.15) is 103 Å². The van der Waals surface area contributed by atoms with Gasteiger partial charge in [0.1, 0.15) is 47.0 Å². The van der Waals surface area contributed by atoms with Crippen molar-refractivity contribution in [2.45, 2.75) is 145 Å². The topological polar surface area (TPSA) is 207 Å². The number of pyridine rings is 1. The first kappa shape index (κ1) is 43.7. The average Bonchev–Trinajstić information content (AvgIpc) is 4.01. The summed E-state index contributed by atoms with van der Waals surface area (Å²) in [7, 11) is -2.32. The van der Waals surface area contributed by atoms with Crippen LogP contribution in [-0.2, 0) is 29.1 Å². The van der Waals surface area contributed by atoms with Crippen molar-refractivity contribution < 1.29 is 41.8 Å². The summed E-state index contributed by atoms with van der Waals surface area (Å²) in [6.45, 7) is 5.97. The highest BCUT2D eigenvalue weighted by atomic mass is 32.2. The summed E-state index contributed by atoms with van der Waals surface area (Å²) in [5.74, 6) is -1.20. The molecule has 5 atom stereocenters. The van der Waals surface area contributed by atoms with Gasteiger partial charge in [0.05, 0.1) is 30.1 Å². The first-order valence-electron chi connectivity index (χ1n) is 21.9. The number of ether oxygens (including phenoxy) is 3. The highest BCUT2D eigenvalue weighted by Crippen LogP contribution is 2.46.